The lowest BCUT2D eigenvalue weighted by atomic mass is 10.1. The number of ether oxygens (including phenoxy) is 1. The Morgan fingerprint density at radius 1 is 1.40 bits per heavy atom. The second-order valence-corrected chi connectivity index (χ2v) is 4.38. The zero-order chi connectivity index (χ0) is 10.7. The average molecular weight is 273 g/mol. The fourth-order valence-corrected chi connectivity index (χ4v) is 1.54. The van der Waals surface area contributed by atoms with Crippen molar-refractivity contribution >= 4 is 15.9 Å². The van der Waals surface area contributed by atoms with Crippen LogP contribution in [0.25, 0.3) is 0 Å². The highest BCUT2D eigenvalue weighted by Crippen LogP contribution is 2.29. The monoisotopic (exact) mass is 272 g/mol. The molecule has 82 valence electrons. The van der Waals surface area contributed by atoms with Gasteiger partial charge >= 0.3 is 0 Å². The SMILES string of the molecule is C[C@]1(CBr)CO[C@@H](c2ccccc2)OO1. The van der Waals surface area contributed by atoms with Gasteiger partial charge in [0.1, 0.15) is 5.60 Å². The summed E-state index contributed by atoms with van der Waals surface area (Å²) in [6.07, 6.45) is -0.418. The molecule has 0 spiro atoms. The number of rotatable bonds is 2. The van der Waals surface area contributed by atoms with Gasteiger partial charge in [0.2, 0.25) is 6.29 Å². The zero-order valence-corrected chi connectivity index (χ0v) is 10.1. The van der Waals surface area contributed by atoms with E-state index < -0.39 is 11.9 Å². The molecule has 0 aliphatic carbocycles. The van der Waals surface area contributed by atoms with Gasteiger partial charge in [-0.2, -0.15) is 4.89 Å². The van der Waals surface area contributed by atoms with Crippen LogP contribution in [-0.2, 0) is 14.5 Å². The van der Waals surface area contributed by atoms with Crippen molar-refractivity contribution in [1.29, 1.82) is 0 Å². The van der Waals surface area contributed by atoms with Crippen molar-refractivity contribution < 1.29 is 14.5 Å². The van der Waals surface area contributed by atoms with Crippen LogP contribution in [0.2, 0.25) is 0 Å². The molecule has 4 heteroatoms. The van der Waals surface area contributed by atoms with Gasteiger partial charge in [-0.1, -0.05) is 46.3 Å². The standard InChI is InChI=1S/C11H13BrO3/c1-11(7-12)8-13-10(14-15-11)9-5-3-2-4-6-9/h2-6,10H,7-8H2,1H3/t10-,11+/m1/s1. The third-order valence-corrected chi connectivity index (χ3v) is 3.42. The van der Waals surface area contributed by atoms with Crippen LogP contribution < -0.4 is 0 Å². The van der Waals surface area contributed by atoms with E-state index in [0.29, 0.717) is 11.9 Å². The number of benzene rings is 1. The van der Waals surface area contributed by atoms with Crippen molar-refractivity contribution in [2.45, 2.75) is 18.8 Å². The van der Waals surface area contributed by atoms with E-state index in [-0.39, 0.29) is 0 Å². The van der Waals surface area contributed by atoms with Crippen molar-refractivity contribution in [3.63, 3.8) is 0 Å². The van der Waals surface area contributed by atoms with Gasteiger partial charge in [0.05, 0.1) is 6.61 Å². The highest BCUT2D eigenvalue weighted by Gasteiger charge is 2.34. The summed E-state index contributed by atoms with van der Waals surface area (Å²) in [4.78, 5) is 10.5. The van der Waals surface area contributed by atoms with E-state index in [1.165, 1.54) is 0 Å². The first-order chi connectivity index (χ1) is 7.23. The molecule has 0 N–H and O–H groups in total. The van der Waals surface area contributed by atoms with Gasteiger partial charge in [0.15, 0.2) is 0 Å². The van der Waals surface area contributed by atoms with Crippen molar-refractivity contribution in [2.75, 3.05) is 11.9 Å². The minimum absolute atomic E-state index is 0.398. The van der Waals surface area contributed by atoms with Gasteiger partial charge in [0.25, 0.3) is 0 Å². The third kappa shape index (κ3) is 2.58. The van der Waals surface area contributed by atoms with E-state index in [4.69, 9.17) is 14.5 Å². The first kappa shape index (κ1) is 11.1. The number of hydrogen-bond acceptors (Lipinski definition) is 3. The fraction of sp³-hybridized carbons (Fsp3) is 0.455. The molecule has 0 amide bonds. The van der Waals surface area contributed by atoms with Gasteiger partial charge in [-0.25, -0.2) is 4.89 Å². The normalized spacial score (nSPS) is 31.5. The average Bonchev–Trinajstić information content (AvgIpc) is 2.31. The van der Waals surface area contributed by atoms with Gasteiger partial charge in [-0.15, -0.1) is 0 Å². The molecule has 1 fully saturated rings. The minimum Gasteiger partial charge on any atom is -0.343 e. The molecule has 2 rings (SSSR count). The maximum Gasteiger partial charge on any atom is 0.217 e. The molecule has 15 heavy (non-hydrogen) atoms. The van der Waals surface area contributed by atoms with Gasteiger partial charge in [0, 0.05) is 10.9 Å². The predicted octanol–water partition coefficient (Wildman–Crippen LogP) is 2.82. The van der Waals surface area contributed by atoms with Crippen molar-refractivity contribution in [1.82, 2.24) is 0 Å². The highest BCUT2D eigenvalue weighted by atomic mass is 79.9. The molecule has 1 heterocycles. The smallest absolute Gasteiger partial charge is 0.217 e. The molecular formula is C11H13BrO3. The van der Waals surface area contributed by atoms with Crippen LogP contribution in [-0.4, -0.2) is 17.5 Å². The number of hydrogen-bond donors (Lipinski definition) is 0. The molecule has 3 nitrogen and oxygen atoms in total. The molecular weight excluding hydrogens is 260 g/mol. The molecule has 0 unspecified atom stereocenters. The Morgan fingerprint density at radius 2 is 2.13 bits per heavy atom. The summed E-state index contributed by atoms with van der Waals surface area (Å²) in [6.45, 7) is 2.45. The quantitative estimate of drug-likeness (QED) is 0.612. The summed E-state index contributed by atoms with van der Waals surface area (Å²) < 4.78 is 5.59. The van der Waals surface area contributed by atoms with Gasteiger partial charge < -0.3 is 4.74 Å². The summed E-state index contributed by atoms with van der Waals surface area (Å²) >= 11 is 3.36. The summed E-state index contributed by atoms with van der Waals surface area (Å²) in [5.74, 6) is 0. The molecule has 0 bridgehead atoms. The maximum absolute atomic E-state index is 5.59. The molecule has 1 saturated heterocycles. The Hall–Kier alpha value is -0.420. The Bertz CT molecular complexity index is 307. The van der Waals surface area contributed by atoms with E-state index in [2.05, 4.69) is 15.9 Å². The van der Waals surface area contributed by atoms with Crippen LogP contribution in [0, 0.1) is 0 Å². The topological polar surface area (TPSA) is 27.7 Å². The van der Waals surface area contributed by atoms with E-state index >= 15 is 0 Å². The Labute approximate surface area is 97.4 Å². The fourth-order valence-electron chi connectivity index (χ4n) is 1.29. The third-order valence-electron chi connectivity index (χ3n) is 2.23. The van der Waals surface area contributed by atoms with Gasteiger partial charge in [-0.3, -0.25) is 0 Å². The van der Waals surface area contributed by atoms with Crippen LogP contribution >= 0.6 is 15.9 Å². The van der Waals surface area contributed by atoms with E-state index in [0.717, 1.165) is 5.56 Å². The maximum atomic E-state index is 5.59. The lowest BCUT2D eigenvalue weighted by Crippen LogP contribution is -2.42. The van der Waals surface area contributed by atoms with Crippen LogP contribution in [0.1, 0.15) is 18.8 Å². The first-order valence-electron chi connectivity index (χ1n) is 4.80. The Balaban J connectivity index is 2.00. The second kappa shape index (κ2) is 4.61. The van der Waals surface area contributed by atoms with Crippen LogP contribution in [0.3, 0.4) is 0 Å². The summed E-state index contributed by atoms with van der Waals surface area (Å²) in [7, 11) is 0. The molecule has 1 aromatic carbocycles. The summed E-state index contributed by atoms with van der Waals surface area (Å²) in [5, 5.41) is 0.682. The molecule has 1 aliphatic heterocycles. The molecule has 0 aromatic heterocycles. The Kier molecular flexibility index (Phi) is 3.41. The number of halogens is 1. The molecule has 0 radical (unpaired) electrons. The molecule has 0 saturated carbocycles. The molecule has 2 atom stereocenters. The number of alkyl halides is 1. The predicted molar refractivity (Wildman–Crippen MR) is 59.5 cm³/mol. The highest BCUT2D eigenvalue weighted by molar-refractivity contribution is 9.09. The van der Waals surface area contributed by atoms with Crippen molar-refractivity contribution in [3.05, 3.63) is 35.9 Å². The molecule has 1 aromatic rings. The van der Waals surface area contributed by atoms with Gasteiger partial charge in [-0.05, 0) is 6.92 Å². The Morgan fingerprint density at radius 3 is 2.67 bits per heavy atom. The van der Waals surface area contributed by atoms with Crippen LogP contribution in [0.15, 0.2) is 30.3 Å². The lowest BCUT2D eigenvalue weighted by molar-refractivity contribution is -0.467. The molecule has 1 aliphatic rings. The van der Waals surface area contributed by atoms with E-state index in [9.17, 15) is 0 Å². The largest absolute Gasteiger partial charge is 0.343 e. The van der Waals surface area contributed by atoms with E-state index in [1.54, 1.807) is 0 Å². The van der Waals surface area contributed by atoms with E-state index in [1.807, 2.05) is 37.3 Å². The van der Waals surface area contributed by atoms with Crippen molar-refractivity contribution in [2.24, 2.45) is 0 Å². The minimum atomic E-state index is -0.418. The van der Waals surface area contributed by atoms with Crippen LogP contribution in [0.4, 0.5) is 0 Å². The summed E-state index contributed by atoms with van der Waals surface area (Å²) in [5.41, 5.74) is 0.569. The van der Waals surface area contributed by atoms with Crippen molar-refractivity contribution in [3.8, 4) is 0 Å². The first-order valence-corrected chi connectivity index (χ1v) is 5.93. The summed E-state index contributed by atoms with van der Waals surface area (Å²) in [6, 6.07) is 9.74. The second-order valence-electron chi connectivity index (χ2n) is 3.82. The zero-order valence-electron chi connectivity index (χ0n) is 8.48. The van der Waals surface area contributed by atoms with Crippen LogP contribution in [0.5, 0.6) is 0 Å². The lowest BCUT2D eigenvalue weighted by Gasteiger charge is -2.34.